The summed E-state index contributed by atoms with van der Waals surface area (Å²) in [6.07, 6.45) is 3.25. The van der Waals surface area contributed by atoms with Gasteiger partial charge in [0.25, 0.3) is 5.91 Å². The Bertz CT molecular complexity index is 1250. The smallest absolute Gasteiger partial charge is 0.272 e. The lowest BCUT2D eigenvalue weighted by Crippen LogP contribution is -2.42. The quantitative estimate of drug-likeness (QED) is 0.466. The molecule has 1 unspecified atom stereocenters. The van der Waals surface area contributed by atoms with E-state index >= 15 is 0 Å². The first-order chi connectivity index (χ1) is 16.0. The van der Waals surface area contributed by atoms with Crippen molar-refractivity contribution in [1.29, 1.82) is 10.5 Å². The van der Waals surface area contributed by atoms with E-state index < -0.39 is 0 Å². The second-order valence-electron chi connectivity index (χ2n) is 8.29. The van der Waals surface area contributed by atoms with E-state index in [-0.39, 0.29) is 18.4 Å². The Hall–Kier alpha value is -3.61. The maximum Gasteiger partial charge on any atom is 0.272 e. The lowest BCUT2D eigenvalue weighted by molar-refractivity contribution is 0.0635. The van der Waals surface area contributed by atoms with Crippen LogP contribution in [-0.2, 0) is 13.0 Å². The number of hydrogen-bond acceptors (Lipinski definition) is 4. The number of halogens is 1. The van der Waals surface area contributed by atoms with E-state index in [0.29, 0.717) is 35.1 Å². The number of nitriles is 2. The van der Waals surface area contributed by atoms with Crippen molar-refractivity contribution in [2.45, 2.75) is 45.2 Å². The van der Waals surface area contributed by atoms with E-state index in [1.165, 1.54) is 0 Å². The van der Waals surface area contributed by atoms with Gasteiger partial charge in [0.05, 0.1) is 35.9 Å². The lowest BCUT2D eigenvalue weighted by Gasteiger charge is -2.33. The normalized spacial score (nSPS) is 15.1. The molecule has 0 bridgehead atoms. The Balaban J connectivity index is 1.69. The van der Waals surface area contributed by atoms with Crippen molar-refractivity contribution in [3.63, 3.8) is 0 Å². The molecule has 1 aliphatic rings. The van der Waals surface area contributed by atoms with Crippen LogP contribution >= 0.6 is 11.6 Å². The van der Waals surface area contributed by atoms with Crippen LogP contribution in [0.1, 0.15) is 59.4 Å². The van der Waals surface area contributed by atoms with Crippen molar-refractivity contribution < 1.29 is 4.79 Å². The molecule has 1 amide bonds. The number of carbonyl (C=O) groups excluding carboxylic acids is 1. The average Bonchev–Trinajstić information content (AvgIpc) is 3.27. The summed E-state index contributed by atoms with van der Waals surface area (Å²) in [6.45, 7) is 3.22. The largest absolute Gasteiger partial charge is 0.331 e. The Morgan fingerprint density at radius 3 is 2.64 bits per heavy atom. The van der Waals surface area contributed by atoms with Crippen molar-refractivity contribution in [1.82, 2.24) is 14.7 Å². The van der Waals surface area contributed by atoms with Gasteiger partial charge >= 0.3 is 0 Å². The summed E-state index contributed by atoms with van der Waals surface area (Å²) in [5, 5.41) is 23.7. The van der Waals surface area contributed by atoms with Crippen molar-refractivity contribution >= 4 is 17.5 Å². The second kappa shape index (κ2) is 9.90. The van der Waals surface area contributed by atoms with E-state index in [1.54, 1.807) is 24.3 Å². The fourth-order valence-electron chi connectivity index (χ4n) is 4.28. The first kappa shape index (κ1) is 22.6. The SMILES string of the molecule is CCCCC1CN(Cc2ccc(C#N)cc2)C(=O)c2cc(-c3ccc(Cl)cc3CC#N)nn21. The topological polar surface area (TPSA) is 85.7 Å². The molecule has 4 rings (SSSR count). The van der Waals surface area contributed by atoms with Gasteiger partial charge in [-0.25, -0.2) is 0 Å². The molecule has 0 spiro atoms. The third-order valence-electron chi connectivity index (χ3n) is 5.98. The number of amides is 1. The average molecular weight is 458 g/mol. The van der Waals surface area contributed by atoms with Crippen LogP contribution in [0.15, 0.2) is 48.5 Å². The number of fused-ring (bicyclic) bond motifs is 1. The highest BCUT2D eigenvalue weighted by atomic mass is 35.5. The van der Waals surface area contributed by atoms with Crippen LogP contribution in [0.3, 0.4) is 0 Å². The first-order valence-electron chi connectivity index (χ1n) is 11.1. The number of benzene rings is 2. The number of nitrogens with zero attached hydrogens (tertiary/aromatic N) is 5. The summed E-state index contributed by atoms with van der Waals surface area (Å²) in [5.41, 5.74) is 4.45. The van der Waals surface area contributed by atoms with Gasteiger partial charge in [-0.2, -0.15) is 15.6 Å². The number of carbonyl (C=O) groups is 1. The van der Waals surface area contributed by atoms with Gasteiger partial charge < -0.3 is 4.90 Å². The standard InChI is InChI=1S/C26H24ClN5O/c1-2-3-4-22-17-31(16-19-7-5-18(15-29)6-8-19)26(33)25-14-24(30-32(22)25)23-10-9-21(27)13-20(23)11-12-28/h5-10,13-14,22H,2-4,11,16-17H2,1H3. The van der Waals surface area contributed by atoms with Crippen LogP contribution in [0.2, 0.25) is 5.02 Å². The van der Waals surface area contributed by atoms with Gasteiger partial charge in [-0.3, -0.25) is 9.48 Å². The van der Waals surface area contributed by atoms with Gasteiger partial charge in [-0.05, 0) is 47.9 Å². The van der Waals surface area contributed by atoms with E-state index in [2.05, 4.69) is 19.1 Å². The summed E-state index contributed by atoms with van der Waals surface area (Å²) in [6, 6.07) is 19.0. The van der Waals surface area contributed by atoms with Gasteiger partial charge in [-0.1, -0.05) is 49.6 Å². The number of aromatic nitrogens is 2. The minimum absolute atomic E-state index is 0.0679. The van der Waals surface area contributed by atoms with E-state index in [9.17, 15) is 10.1 Å². The van der Waals surface area contributed by atoms with Crippen LogP contribution in [0, 0.1) is 22.7 Å². The molecule has 0 saturated carbocycles. The van der Waals surface area contributed by atoms with Crippen LogP contribution < -0.4 is 0 Å². The Kier molecular flexibility index (Phi) is 6.77. The molecule has 0 radical (unpaired) electrons. The fourth-order valence-corrected chi connectivity index (χ4v) is 4.47. The third-order valence-corrected chi connectivity index (χ3v) is 6.21. The van der Waals surface area contributed by atoms with Crippen molar-refractivity contribution in [2.75, 3.05) is 6.54 Å². The van der Waals surface area contributed by atoms with Crippen LogP contribution in [0.4, 0.5) is 0 Å². The van der Waals surface area contributed by atoms with Crippen molar-refractivity contribution in [2.24, 2.45) is 0 Å². The van der Waals surface area contributed by atoms with E-state index in [1.807, 2.05) is 33.8 Å². The summed E-state index contributed by atoms with van der Waals surface area (Å²) in [5.74, 6) is -0.0679. The molecule has 7 heteroatoms. The molecule has 2 aromatic carbocycles. The molecule has 3 aromatic rings. The maximum absolute atomic E-state index is 13.4. The zero-order valence-corrected chi connectivity index (χ0v) is 19.2. The summed E-state index contributed by atoms with van der Waals surface area (Å²) >= 11 is 6.15. The molecule has 0 N–H and O–H groups in total. The first-order valence-corrected chi connectivity index (χ1v) is 11.5. The molecule has 0 fully saturated rings. The van der Waals surface area contributed by atoms with E-state index in [0.717, 1.165) is 36.0 Å². The zero-order valence-electron chi connectivity index (χ0n) is 18.5. The predicted octanol–water partition coefficient (Wildman–Crippen LogP) is 5.53. The zero-order chi connectivity index (χ0) is 23.4. The predicted molar refractivity (Wildman–Crippen MR) is 126 cm³/mol. The molecular weight excluding hydrogens is 434 g/mol. The summed E-state index contributed by atoms with van der Waals surface area (Å²) in [4.78, 5) is 15.3. The Labute approximate surface area is 198 Å². The minimum Gasteiger partial charge on any atom is -0.331 e. The maximum atomic E-state index is 13.4. The Morgan fingerprint density at radius 1 is 1.15 bits per heavy atom. The lowest BCUT2D eigenvalue weighted by atomic mass is 10.0. The van der Waals surface area contributed by atoms with Crippen LogP contribution in [0.25, 0.3) is 11.3 Å². The monoisotopic (exact) mass is 457 g/mol. The molecule has 0 aliphatic carbocycles. The van der Waals surface area contributed by atoms with Gasteiger partial charge in [-0.15, -0.1) is 0 Å². The van der Waals surface area contributed by atoms with Crippen molar-refractivity contribution in [3.8, 4) is 23.4 Å². The highest BCUT2D eigenvalue weighted by Gasteiger charge is 2.33. The highest BCUT2D eigenvalue weighted by molar-refractivity contribution is 6.30. The van der Waals surface area contributed by atoms with Crippen molar-refractivity contribution in [3.05, 3.63) is 75.9 Å². The second-order valence-corrected chi connectivity index (χ2v) is 8.72. The minimum atomic E-state index is -0.0679. The molecule has 2 heterocycles. The fraction of sp³-hybridized carbons (Fsp3) is 0.308. The molecule has 33 heavy (non-hydrogen) atoms. The molecule has 6 nitrogen and oxygen atoms in total. The summed E-state index contributed by atoms with van der Waals surface area (Å²) in [7, 11) is 0. The molecule has 1 atom stereocenters. The van der Waals surface area contributed by atoms with Gasteiger partial charge in [0.2, 0.25) is 0 Å². The molecule has 1 aromatic heterocycles. The summed E-state index contributed by atoms with van der Waals surface area (Å²) < 4.78 is 1.87. The molecule has 1 aliphatic heterocycles. The van der Waals surface area contributed by atoms with Crippen LogP contribution in [-0.4, -0.2) is 27.1 Å². The molecule has 0 saturated heterocycles. The number of rotatable bonds is 7. The highest BCUT2D eigenvalue weighted by Crippen LogP contribution is 2.32. The number of unbranched alkanes of at least 4 members (excludes halogenated alkanes) is 1. The molecular formula is C26H24ClN5O. The van der Waals surface area contributed by atoms with Gasteiger partial charge in [0, 0.05) is 23.7 Å². The van der Waals surface area contributed by atoms with Gasteiger partial charge in [0.1, 0.15) is 5.69 Å². The third kappa shape index (κ3) is 4.77. The van der Waals surface area contributed by atoms with Crippen LogP contribution in [0.5, 0.6) is 0 Å². The van der Waals surface area contributed by atoms with E-state index in [4.69, 9.17) is 22.0 Å². The Morgan fingerprint density at radius 2 is 1.94 bits per heavy atom. The van der Waals surface area contributed by atoms with Gasteiger partial charge in [0.15, 0.2) is 0 Å². The molecule has 166 valence electrons. The number of hydrogen-bond donors (Lipinski definition) is 0.